The molecule has 2 heteroatoms. The van der Waals surface area contributed by atoms with Crippen LogP contribution < -0.4 is 4.90 Å². The highest BCUT2D eigenvalue weighted by Crippen LogP contribution is 2.40. The maximum absolute atomic E-state index is 3.82. The van der Waals surface area contributed by atoms with Gasteiger partial charge in [0.05, 0.1) is 0 Å². The zero-order valence-electron chi connectivity index (χ0n) is 12.6. The molecule has 0 amide bonds. The molecule has 1 saturated carbocycles. The monoisotopic (exact) mass is 335 g/mol. The number of rotatable bonds is 3. The summed E-state index contributed by atoms with van der Waals surface area (Å²) < 4.78 is 0. The smallest absolute Gasteiger partial charge is 0.0399 e. The number of fused-ring (bicyclic) bond motifs is 1. The molecule has 20 heavy (non-hydrogen) atoms. The van der Waals surface area contributed by atoms with Crippen molar-refractivity contribution in [2.24, 2.45) is 5.41 Å². The molecule has 2 aliphatic rings. The first-order valence-electron chi connectivity index (χ1n) is 8.13. The zero-order chi connectivity index (χ0) is 14.0. The molecule has 1 heterocycles. The summed E-state index contributed by atoms with van der Waals surface area (Å²) in [5.74, 6) is 0. The summed E-state index contributed by atoms with van der Waals surface area (Å²) in [6.45, 7) is 4.69. The minimum absolute atomic E-state index is 0.512. The Kier molecular flexibility index (Phi) is 4.40. The minimum Gasteiger partial charge on any atom is -0.371 e. The predicted octanol–water partition coefficient (Wildman–Crippen LogP) is 5.09. The van der Waals surface area contributed by atoms with Gasteiger partial charge in [-0.25, -0.2) is 0 Å². The van der Waals surface area contributed by atoms with Crippen LogP contribution in [0.3, 0.4) is 0 Å². The molecule has 110 valence electrons. The van der Waals surface area contributed by atoms with Gasteiger partial charge in [0.25, 0.3) is 0 Å². The molecule has 0 bridgehead atoms. The van der Waals surface area contributed by atoms with Crippen LogP contribution in [0.25, 0.3) is 0 Å². The molecule has 1 aromatic rings. The Bertz CT molecular complexity index is 462. The summed E-state index contributed by atoms with van der Waals surface area (Å²) in [6.07, 6.45) is 9.64. The number of hydrogen-bond acceptors (Lipinski definition) is 1. The van der Waals surface area contributed by atoms with E-state index in [1.54, 1.807) is 5.56 Å². The van der Waals surface area contributed by atoms with E-state index < -0.39 is 0 Å². The average molecular weight is 336 g/mol. The Balaban J connectivity index is 1.81. The van der Waals surface area contributed by atoms with Crippen molar-refractivity contribution in [3.63, 3.8) is 0 Å². The van der Waals surface area contributed by atoms with Crippen LogP contribution in [0.1, 0.15) is 49.7 Å². The van der Waals surface area contributed by atoms with E-state index >= 15 is 0 Å². The van der Waals surface area contributed by atoms with Crippen molar-refractivity contribution < 1.29 is 0 Å². The van der Waals surface area contributed by atoms with E-state index in [4.69, 9.17) is 0 Å². The summed E-state index contributed by atoms with van der Waals surface area (Å²) in [7, 11) is 0. The van der Waals surface area contributed by atoms with Crippen molar-refractivity contribution in [2.75, 3.05) is 23.3 Å². The Labute approximate surface area is 131 Å². The van der Waals surface area contributed by atoms with E-state index in [-0.39, 0.29) is 0 Å². The molecule has 0 aromatic heterocycles. The van der Waals surface area contributed by atoms with E-state index in [1.807, 2.05) is 0 Å². The van der Waals surface area contributed by atoms with E-state index in [0.717, 1.165) is 5.33 Å². The third-order valence-corrected chi connectivity index (χ3v) is 6.36. The predicted molar refractivity (Wildman–Crippen MR) is 91.0 cm³/mol. The fraction of sp³-hybridized carbons (Fsp3) is 0.667. The average Bonchev–Trinajstić information content (AvgIpc) is 2.48. The maximum Gasteiger partial charge on any atom is 0.0399 e. The molecule has 1 aliphatic carbocycles. The van der Waals surface area contributed by atoms with Crippen molar-refractivity contribution in [1.29, 1.82) is 0 Å². The summed E-state index contributed by atoms with van der Waals surface area (Å²) in [5.41, 5.74) is 4.99. The minimum atomic E-state index is 0.512. The Morgan fingerprint density at radius 3 is 2.70 bits per heavy atom. The van der Waals surface area contributed by atoms with Gasteiger partial charge in [0.15, 0.2) is 0 Å². The van der Waals surface area contributed by atoms with E-state index in [2.05, 4.69) is 46.0 Å². The molecule has 1 aliphatic heterocycles. The van der Waals surface area contributed by atoms with Gasteiger partial charge in [-0.1, -0.05) is 52.9 Å². The van der Waals surface area contributed by atoms with Gasteiger partial charge in [-0.05, 0) is 49.7 Å². The number of nitrogens with zero attached hydrogens (tertiary/aromatic N) is 1. The van der Waals surface area contributed by atoms with Crippen LogP contribution in [0.15, 0.2) is 18.2 Å². The zero-order valence-corrected chi connectivity index (χ0v) is 14.2. The summed E-state index contributed by atoms with van der Waals surface area (Å²) >= 11 is 3.82. The molecule has 1 nitrogen and oxygen atoms in total. The highest BCUT2D eigenvalue weighted by molar-refractivity contribution is 9.09. The lowest BCUT2D eigenvalue weighted by Crippen LogP contribution is -2.42. The van der Waals surface area contributed by atoms with Gasteiger partial charge in [-0.3, -0.25) is 0 Å². The first-order chi connectivity index (χ1) is 9.72. The molecule has 0 saturated heterocycles. The quantitative estimate of drug-likeness (QED) is 0.695. The summed E-state index contributed by atoms with van der Waals surface area (Å²) in [4.78, 5) is 2.67. The molecule has 0 atom stereocenters. The lowest BCUT2D eigenvalue weighted by Gasteiger charge is -2.43. The van der Waals surface area contributed by atoms with Gasteiger partial charge in [0.1, 0.15) is 0 Å². The van der Waals surface area contributed by atoms with Crippen LogP contribution >= 0.6 is 15.9 Å². The number of anilines is 1. The molecule has 0 radical (unpaired) electrons. The second-order valence-electron chi connectivity index (χ2n) is 6.85. The highest BCUT2D eigenvalue weighted by Gasteiger charge is 2.34. The molecule has 3 rings (SSSR count). The third kappa shape index (κ3) is 2.90. The number of benzene rings is 1. The lowest BCUT2D eigenvalue weighted by molar-refractivity contribution is 0.228. The normalized spacial score (nSPS) is 21.6. The van der Waals surface area contributed by atoms with Crippen molar-refractivity contribution in [2.45, 2.75) is 51.9 Å². The van der Waals surface area contributed by atoms with Crippen molar-refractivity contribution >= 4 is 21.6 Å². The van der Waals surface area contributed by atoms with Crippen LogP contribution in [0.2, 0.25) is 0 Å². The Hall–Kier alpha value is -0.500. The van der Waals surface area contributed by atoms with Gasteiger partial charge in [0.2, 0.25) is 0 Å². The second kappa shape index (κ2) is 6.09. The number of aryl methyl sites for hydroxylation is 2. The largest absolute Gasteiger partial charge is 0.371 e. The highest BCUT2D eigenvalue weighted by atomic mass is 79.9. The Morgan fingerprint density at radius 1 is 1.15 bits per heavy atom. The summed E-state index contributed by atoms with van der Waals surface area (Å²) in [6, 6.07) is 7.02. The van der Waals surface area contributed by atoms with Crippen molar-refractivity contribution in [3.8, 4) is 0 Å². The molecule has 0 N–H and O–H groups in total. The van der Waals surface area contributed by atoms with Crippen LogP contribution in [0.5, 0.6) is 0 Å². The number of hydrogen-bond donors (Lipinski definition) is 0. The van der Waals surface area contributed by atoms with Gasteiger partial charge in [-0.2, -0.15) is 0 Å². The molecule has 1 fully saturated rings. The first-order valence-corrected chi connectivity index (χ1v) is 9.25. The van der Waals surface area contributed by atoms with Gasteiger partial charge >= 0.3 is 0 Å². The summed E-state index contributed by atoms with van der Waals surface area (Å²) in [5, 5.41) is 1.16. The second-order valence-corrected chi connectivity index (χ2v) is 7.41. The molecule has 0 unspecified atom stereocenters. The maximum atomic E-state index is 3.82. The van der Waals surface area contributed by atoms with E-state index in [9.17, 15) is 0 Å². The molecular weight excluding hydrogens is 310 g/mol. The van der Waals surface area contributed by atoms with Crippen LogP contribution in [-0.2, 0) is 6.42 Å². The van der Waals surface area contributed by atoms with Crippen molar-refractivity contribution in [1.82, 2.24) is 0 Å². The first kappa shape index (κ1) is 14.4. The van der Waals surface area contributed by atoms with Gasteiger partial charge < -0.3 is 4.90 Å². The number of alkyl halides is 1. The molecular formula is C18H26BrN. The topological polar surface area (TPSA) is 3.24 Å². The van der Waals surface area contributed by atoms with E-state index in [1.165, 1.54) is 69.3 Å². The van der Waals surface area contributed by atoms with Gasteiger partial charge in [-0.15, -0.1) is 0 Å². The fourth-order valence-corrected chi connectivity index (χ4v) is 4.75. The van der Waals surface area contributed by atoms with Gasteiger partial charge in [0, 0.05) is 24.1 Å². The number of halogens is 1. The molecule has 0 spiro atoms. The van der Waals surface area contributed by atoms with Crippen LogP contribution in [0, 0.1) is 12.3 Å². The SMILES string of the molecule is Cc1ccc2c(c1)CCCN2CC1(CBr)CCCCC1. The van der Waals surface area contributed by atoms with Crippen molar-refractivity contribution in [3.05, 3.63) is 29.3 Å². The van der Waals surface area contributed by atoms with Crippen LogP contribution in [-0.4, -0.2) is 18.4 Å². The fourth-order valence-electron chi connectivity index (χ4n) is 4.01. The van der Waals surface area contributed by atoms with E-state index in [0.29, 0.717) is 5.41 Å². The lowest BCUT2D eigenvalue weighted by atomic mass is 9.75. The Morgan fingerprint density at radius 2 is 1.95 bits per heavy atom. The molecule has 1 aromatic carbocycles. The standard InChI is InChI=1S/C18H26BrN/c1-15-7-8-17-16(12-15)6-5-11-20(17)14-18(13-19)9-3-2-4-10-18/h7-8,12H,2-6,9-11,13-14H2,1H3. The third-order valence-electron chi connectivity index (χ3n) is 5.17. The van der Waals surface area contributed by atoms with Crippen LogP contribution in [0.4, 0.5) is 5.69 Å².